The Balaban J connectivity index is 1.15. The van der Waals surface area contributed by atoms with Crippen LogP contribution in [0.1, 0.15) is 59.2 Å². The molecule has 4 N–H and O–H groups in total. The van der Waals surface area contributed by atoms with Crippen molar-refractivity contribution in [2.24, 2.45) is 0 Å². The van der Waals surface area contributed by atoms with E-state index in [-0.39, 0.29) is 40.3 Å². The molecule has 48 heavy (non-hydrogen) atoms. The first kappa shape index (κ1) is 31.0. The minimum absolute atomic E-state index is 0.0201. The van der Waals surface area contributed by atoms with E-state index in [9.17, 15) is 29.4 Å². The van der Waals surface area contributed by atoms with Crippen molar-refractivity contribution >= 4 is 40.8 Å². The number of tetrazole rings is 1. The van der Waals surface area contributed by atoms with Gasteiger partial charge >= 0.3 is 11.9 Å². The van der Waals surface area contributed by atoms with Crippen molar-refractivity contribution in [2.75, 3.05) is 10.6 Å². The predicted molar refractivity (Wildman–Crippen MR) is 162 cm³/mol. The number of carbonyl (C=O) groups is 4. The molecule has 0 atom stereocenters. The Morgan fingerprint density at radius 1 is 0.792 bits per heavy atom. The molecule has 6 aromatic rings. The molecule has 0 saturated carbocycles. The normalized spacial score (nSPS) is 10.9. The van der Waals surface area contributed by atoms with Crippen molar-refractivity contribution in [3.8, 4) is 5.82 Å². The Hall–Kier alpha value is -6.98. The smallest absolute Gasteiger partial charge is 0.337 e. The molecule has 0 spiro atoms. The number of amides is 2. The van der Waals surface area contributed by atoms with E-state index in [4.69, 9.17) is 0 Å². The molecule has 0 unspecified atom stereocenters. The van der Waals surface area contributed by atoms with Crippen LogP contribution in [-0.4, -0.2) is 79.0 Å². The SMILES string of the molecule is O=C(Nc1cc(CCCc2ccc(C(=O)O)c(NC(=O)c3ccc4nnnn4n3)c2)c(F)cc1C(=O)O)c1ccc(-n2ccnc2)nn1. The van der Waals surface area contributed by atoms with Gasteiger partial charge in [0.1, 0.15) is 12.1 Å². The van der Waals surface area contributed by atoms with Gasteiger partial charge in [-0.3, -0.25) is 14.2 Å². The van der Waals surface area contributed by atoms with E-state index in [1.807, 2.05) is 0 Å². The summed E-state index contributed by atoms with van der Waals surface area (Å²) in [6.45, 7) is 0. The van der Waals surface area contributed by atoms with Crippen molar-refractivity contribution in [1.29, 1.82) is 0 Å². The number of aryl methyl sites for hydroxylation is 2. The summed E-state index contributed by atoms with van der Waals surface area (Å²) in [5.41, 5.74) is 0.205. The molecule has 0 aliphatic rings. The molecule has 0 radical (unpaired) electrons. The van der Waals surface area contributed by atoms with Crippen molar-refractivity contribution in [1.82, 2.24) is 45.0 Å². The van der Waals surface area contributed by atoms with E-state index >= 15 is 4.39 Å². The van der Waals surface area contributed by atoms with Gasteiger partial charge in [0.05, 0.1) is 22.5 Å². The highest BCUT2D eigenvalue weighted by Crippen LogP contribution is 2.25. The van der Waals surface area contributed by atoms with Gasteiger partial charge in [-0.15, -0.1) is 25.0 Å². The summed E-state index contributed by atoms with van der Waals surface area (Å²) in [5.74, 6) is -4.53. The number of halogens is 1. The summed E-state index contributed by atoms with van der Waals surface area (Å²) < 4.78 is 17.6. The lowest BCUT2D eigenvalue weighted by molar-refractivity contribution is 0.0686. The molecule has 17 nitrogen and oxygen atoms in total. The fourth-order valence-corrected chi connectivity index (χ4v) is 4.73. The van der Waals surface area contributed by atoms with Gasteiger partial charge in [0.2, 0.25) is 0 Å². The van der Waals surface area contributed by atoms with Gasteiger partial charge in [-0.05, 0) is 89.3 Å². The van der Waals surface area contributed by atoms with Crippen LogP contribution < -0.4 is 10.6 Å². The molecule has 4 aromatic heterocycles. The number of carbonyl (C=O) groups excluding carboxylic acids is 2. The monoisotopic (exact) mass is 651 g/mol. The second kappa shape index (κ2) is 13.2. The zero-order valence-corrected chi connectivity index (χ0v) is 24.5. The van der Waals surface area contributed by atoms with Gasteiger partial charge < -0.3 is 20.8 Å². The Bertz CT molecular complexity index is 2190. The number of aromatic nitrogens is 9. The Kier molecular flexibility index (Phi) is 8.51. The van der Waals surface area contributed by atoms with Gasteiger partial charge in [-0.1, -0.05) is 6.07 Å². The van der Waals surface area contributed by atoms with E-state index in [0.717, 1.165) is 10.7 Å². The van der Waals surface area contributed by atoms with E-state index in [0.29, 0.717) is 29.9 Å². The lowest BCUT2D eigenvalue weighted by Crippen LogP contribution is -2.18. The number of imidazole rings is 1. The Labute approximate surface area is 268 Å². The third-order valence-electron chi connectivity index (χ3n) is 7.09. The lowest BCUT2D eigenvalue weighted by Gasteiger charge is -2.13. The van der Waals surface area contributed by atoms with Crippen LogP contribution in [0.5, 0.6) is 0 Å². The van der Waals surface area contributed by atoms with Crippen LogP contribution in [0.2, 0.25) is 0 Å². The molecule has 0 saturated heterocycles. The first-order valence-electron chi connectivity index (χ1n) is 14.1. The standard InChI is InChI=1S/C30H22FN11O6/c31-20-14-19(30(47)48)24(34-27(43)21-6-8-25(36-35-21)41-11-10-32-15-41)13-17(20)3-1-2-16-4-5-18(29(45)46)23(12-16)33-28(44)22-7-9-26-37-39-40-42(26)38-22/h4-15H,1-3H2,(H,33,44)(H,34,43)(H,45,46)(H,47,48). The zero-order valence-electron chi connectivity index (χ0n) is 24.5. The molecule has 2 aromatic carbocycles. The van der Waals surface area contributed by atoms with Crippen LogP contribution in [0, 0.1) is 5.82 Å². The maximum atomic E-state index is 15.0. The minimum Gasteiger partial charge on any atom is -0.478 e. The number of aromatic carboxylic acids is 2. The number of carboxylic acid groups (broad SMARTS) is 2. The molecule has 0 bridgehead atoms. The summed E-state index contributed by atoms with van der Waals surface area (Å²) in [4.78, 5) is 53.4. The number of carboxylic acids is 2. The number of hydrogen-bond donors (Lipinski definition) is 4. The first-order chi connectivity index (χ1) is 23.2. The Morgan fingerprint density at radius 3 is 2.25 bits per heavy atom. The third kappa shape index (κ3) is 6.66. The first-order valence-corrected chi connectivity index (χ1v) is 14.1. The number of nitrogens with zero attached hydrogens (tertiary/aromatic N) is 9. The molecule has 18 heteroatoms. The minimum atomic E-state index is -1.45. The van der Waals surface area contributed by atoms with Gasteiger partial charge in [0, 0.05) is 12.4 Å². The maximum Gasteiger partial charge on any atom is 0.337 e. The zero-order chi connectivity index (χ0) is 33.8. The predicted octanol–water partition coefficient (Wildman–Crippen LogP) is 2.71. The van der Waals surface area contributed by atoms with Crippen LogP contribution in [0.25, 0.3) is 11.5 Å². The molecule has 0 aliphatic carbocycles. The van der Waals surface area contributed by atoms with Crippen LogP contribution in [0.15, 0.2) is 73.3 Å². The van der Waals surface area contributed by atoms with Gasteiger partial charge in [-0.25, -0.2) is 19.0 Å². The molecule has 4 heterocycles. The highest BCUT2D eigenvalue weighted by Gasteiger charge is 2.20. The summed E-state index contributed by atoms with van der Waals surface area (Å²) in [6, 6.07) is 12.3. The van der Waals surface area contributed by atoms with Gasteiger partial charge in [0.25, 0.3) is 11.8 Å². The fourth-order valence-electron chi connectivity index (χ4n) is 4.73. The van der Waals surface area contributed by atoms with Gasteiger partial charge in [-0.2, -0.15) is 0 Å². The van der Waals surface area contributed by atoms with E-state index in [1.165, 1.54) is 48.8 Å². The number of benzene rings is 2. The second-order valence-corrected chi connectivity index (χ2v) is 10.2. The number of anilines is 2. The van der Waals surface area contributed by atoms with Crippen molar-refractivity contribution < 1.29 is 33.8 Å². The average molecular weight is 652 g/mol. The lowest BCUT2D eigenvalue weighted by atomic mass is 9.99. The van der Waals surface area contributed by atoms with Crippen LogP contribution >= 0.6 is 0 Å². The topological polar surface area (TPSA) is 232 Å². The molecule has 2 amide bonds. The number of fused-ring (bicyclic) bond motifs is 1. The summed E-state index contributed by atoms with van der Waals surface area (Å²) in [6.07, 6.45) is 5.50. The van der Waals surface area contributed by atoms with Crippen molar-refractivity contribution in [3.63, 3.8) is 0 Å². The number of nitrogens with one attached hydrogen (secondary N) is 2. The molecule has 240 valence electrons. The molecular formula is C30H22FN11O6. The number of rotatable bonds is 11. The largest absolute Gasteiger partial charge is 0.478 e. The summed E-state index contributed by atoms with van der Waals surface area (Å²) >= 11 is 0. The highest BCUT2D eigenvalue weighted by atomic mass is 19.1. The second-order valence-electron chi connectivity index (χ2n) is 10.2. The van der Waals surface area contributed by atoms with Crippen LogP contribution in [0.3, 0.4) is 0 Å². The van der Waals surface area contributed by atoms with E-state index in [2.05, 4.69) is 46.4 Å². The van der Waals surface area contributed by atoms with E-state index in [1.54, 1.807) is 23.0 Å². The highest BCUT2D eigenvalue weighted by molar-refractivity contribution is 6.07. The van der Waals surface area contributed by atoms with Crippen LogP contribution in [0.4, 0.5) is 15.8 Å². The van der Waals surface area contributed by atoms with Crippen molar-refractivity contribution in [2.45, 2.75) is 19.3 Å². The van der Waals surface area contributed by atoms with Crippen LogP contribution in [-0.2, 0) is 12.8 Å². The maximum absolute atomic E-state index is 15.0. The fraction of sp³-hybridized carbons (Fsp3) is 0.100. The molecule has 0 fully saturated rings. The third-order valence-corrected chi connectivity index (χ3v) is 7.09. The summed E-state index contributed by atoms with van der Waals surface area (Å²) in [7, 11) is 0. The Morgan fingerprint density at radius 2 is 1.54 bits per heavy atom. The average Bonchev–Trinajstić information content (AvgIpc) is 3.78. The van der Waals surface area contributed by atoms with Gasteiger partial charge in [0.15, 0.2) is 22.9 Å². The number of hydrogen-bond acceptors (Lipinski definition) is 11. The quantitative estimate of drug-likeness (QED) is 0.158. The van der Waals surface area contributed by atoms with Crippen molar-refractivity contribution in [3.05, 3.63) is 113 Å². The molecular weight excluding hydrogens is 629 g/mol. The molecule has 0 aliphatic heterocycles. The molecule has 6 rings (SSSR count). The summed E-state index contributed by atoms with van der Waals surface area (Å²) in [5, 5.41) is 47.0. The van der Waals surface area contributed by atoms with E-state index < -0.39 is 35.1 Å².